The number of pyridine rings is 2. The van der Waals surface area contributed by atoms with Crippen molar-refractivity contribution in [1.82, 2.24) is 24.6 Å². The van der Waals surface area contributed by atoms with Crippen LogP contribution in [0.1, 0.15) is 64.3 Å². The number of carbonyl (C=O) groups is 2. The van der Waals surface area contributed by atoms with Gasteiger partial charge in [0, 0.05) is 47.2 Å². The molecule has 1 saturated heterocycles. The van der Waals surface area contributed by atoms with E-state index in [0.717, 1.165) is 36.0 Å². The summed E-state index contributed by atoms with van der Waals surface area (Å²) in [6, 6.07) is 18.4. The first-order chi connectivity index (χ1) is 21.4. The largest absolute Gasteiger partial charge is 0.479 e. The Morgan fingerprint density at radius 2 is 1.84 bits per heavy atom. The summed E-state index contributed by atoms with van der Waals surface area (Å²) in [5.41, 5.74) is 3.78. The Bertz CT molecular complexity index is 1880. The first-order valence-corrected chi connectivity index (χ1v) is 14.7. The number of fused-ring (bicyclic) bond motifs is 1. The molecule has 0 aliphatic carbocycles. The van der Waals surface area contributed by atoms with Gasteiger partial charge in [-0.2, -0.15) is 5.10 Å². The van der Waals surface area contributed by atoms with Crippen LogP contribution in [0.4, 0.5) is 0 Å². The number of carbonyl (C=O) groups excluding carboxylic acids is 1. The predicted octanol–water partition coefficient (Wildman–Crippen LogP) is 5.14. The number of benzene rings is 2. The first-order valence-electron chi connectivity index (χ1n) is 14.4. The number of ether oxygens (including phenoxy) is 1. The van der Waals surface area contributed by atoms with Crippen LogP contribution in [0.25, 0.3) is 10.9 Å². The van der Waals surface area contributed by atoms with Gasteiger partial charge in [0.2, 0.25) is 0 Å². The maximum Gasteiger partial charge on any atom is 0.330 e. The Morgan fingerprint density at radius 1 is 1.02 bits per heavy atom. The highest BCUT2D eigenvalue weighted by Crippen LogP contribution is 2.30. The Kier molecular flexibility index (Phi) is 8.53. The fourth-order valence-corrected chi connectivity index (χ4v) is 5.62. The molecule has 0 bridgehead atoms. The predicted molar refractivity (Wildman–Crippen MR) is 165 cm³/mol. The second kappa shape index (κ2) is 12.8. The SMILES string of the molecule is O=C(NC(C(=O)O)c1cncc(Cc2ccc(Cn3ccccc3=O)cc2)c1)c1nn(C2CCCCO2)c2ccc(Cl)cc12. The zero-order valence-corrected chi connectivity index (χ0v) is 24.5. The zero-order chi connectivity index (χ0) is 30.6. The molecule has 1 aliphatic rings. The van der Waals surface area contributed by atoms with Crippen LogP contribution in [0, 0.1) is 0 Å². The van der Waals surface area contributed by atoms with Crippen LogP contribution in [0.5, 0.6) is 0 Å². The van der Waals surface area contributed by atoms with Gasteiger partial charge in [-0.3, -0.25) is 14.6 Å². The van der Waals surface area contributed by atoms with Crippen LogP contribution in [-0.2, 0) is 22.5 Å². The molecule has 1 amide bonds. The van der Waals surface area contributed by atoms with Crippen LogP contribution < -0.4 is 10.9 Å². The average Bonchev–Trinajstić information content (AvgIpc) is 3.41. The fourth-order valence-electron chi connectivity index (χ4n) is 5.45. The zero-order valence-electron chi connectivity index (χ0n) is 23.7. The van der Waals surface area contributed by atoms with Crippen molar-refractivity contribution in [2.24, 2.45) is 0 Å². The van der Waals surface area contributed by atoms with Gasteiger partial charge in [0.05, 0.1) is 12.1 Å². The molecule has 2 N–H and O–H groups in total. The number of rotatable bonds is 9. The van der Waals surface area contributed by atoms with Crippen molar-refractivity contribution in [2.45, 2.75) is 44.5 Å². The second-order valence-electron chi connectivity index (χ2n) is 10.8. The van der Waals surface area contributed by atoms with Crippen molar-refractivity contribution in [3.05, 3.63) is 129 Å². The molecule has 5 aromatic rings. The van der Waals surface area contributed by atoms with Gasteiger partial charge in [-0.1, -0.05) is 41.9 Å². The lowest BCUT2D eigenvalue weighted by atomic mass is 10.0. The summed E-state index contributed by atoms with van der Waals surface area (Å²) in [6.45, 7) is 1.06. The molecular weight excluding hydrogens is 582 g/mol. The molecule has 4 heterocycles. The van der Waals surface area contributed by atoms with E-state index in [2.05, 4.69) is 15.4 Å². The third-order valence-electron chi connectivity index (χ3n) is 7.67. The Balaban J connectivity index is 1.20. The van der Waals surface area contributed by atoms with Gasteiger partial charge >= 0.3 is 5.97 Å². The van der Waals surface area contributed by atoms with Gasteiger partial charge in [0.25, 0.3) is 11.5 Å². The number of aliphatic carboxylic acids is 1. The number of carboxylic acid groups (broad SMARTS) is 1. The number of amides is 1. The summed E-state index contributed by atoms with van der Waals surface area (Å²) in [7, 11) is 0. The summed E-state index contributed by atoms with van der Waals surface area (Å²) in [5.74, 6) is -1.87. The minimum Gasteiger partial charge on any atom is -0.479 e. The summed E-state index contributed by atoms with van der Waals surface area (Å²) < 4.78 is 9.22. The van der Waals surface area contributed by atoms with E-state index in [1.807, 2.05) is 30.3 Å². The van der Waals surface area contributed by atoms with Crippen molar-refractivity contribution in [2.75, 3.05) is 6.61 Å². The number of aromatic nitrogens is 4. The van der Waals surface area contributed by atoms with Gasteiger partial charge in [-0.25, -0.2) is 9.48 Å². The number of hydrogen-bond donors (Lipinski definition) is 2. The van der Waals surface area contributed by atoms with Crippen molar-refractivity contribution in [3.8, 4) is 0 Å². The summed E-state index contributed by atoms with van der Waals surface area (Å²) >= 11 is 6.26. The molecule has 0 spiro atoms. The van der Waals surface area contributed by atoms with E-state index in [-0.39, 0.29) is 17.5 Å². The topological polar surface area (TPSA) is 128 Å². The molecular formula is C33H30ClN5O5. The normalized spacial score (nSPS) is 15.6. The molecule has 6 rings (SSSR count). The van der Waals surface area contributed by atoms with Gasteiger partial charge in [-0.05, 0) is 72.7 Å². The maximum atomic E-state index is 13.5. The van der Waals surface area contributed by atoms with E-state index in [4.69, 9.17) is 16.3 Å². The lowest BCUT2D eigenvalue weighted by Gasteiger charge is -2.23. The van der Waals surface area contributed by atoms with Gasteiger partial charge < -0.3 is 19.7 Å². The van der Waals surface area contributed by atoms with Crippen LogP contribution in [0.3, 0.4) is 0 Å². The van der Waals surface area contributed by atoms with Crippen LogP contribution in [-0.4, -0.2) is 42.9 Å². The Morgan fingerprint density at radius 3 is 2.59 bits per heavy atom. The molecule has 0 radical (unpaired) electrons. The van der Waals surface area contributed by atoms with Gasteiger partial charge in [0.1, 0.15) is 0 Å². The first kappa shape index (κ1) is 29.3. The molecule has 224 valence electrons. The van der Waals surface area contributed by atoms with Crippen molar-refractivity contribution in [1.29, 1.82) is 0 Å². The molecule has 0 saturated carbocycles. The van der Waals surface area contributed by atoms with E-state index >= 15 is 0 Å². The van der Waals surface area contributed by atoms with Gasteiger partial charge in [-0.15, -0.1) is 0 Å². The van der Waals surface area contributed by atoms with E-state index in [1.54, 1.807) is 52.0 Å². The Hall–Kier alpha value is -4.80. The fraction of sp³-hybridized carbons (Fsp3) is 0.242. The highest BCUT2D eigenvalue weighted by atomic mass is 35.5. The molecule has 2 aromatic carbocycles. The minimum atomic E-state index is -1.35. The molecule has 1 aliphatic heterocycles. The quantitative estimate of drug-likeness (QED) is 0.236. The van der Waals surface area contributed by atoms with E-state index in [9.17, 15) is 19.5 Å². The smallest absolute Gasteiger partial charge is 0.330 e. The van der Waals surface area contributed by atoms with Gasteiger partial charge in [0.15, 0.2) is 18.0 Å². The molecule has 11 heteroatoms. The van der Waals surface area contributed by atoms with Crippen LogP contribution in [0.15, 0.2) is 90.1 Å². The third-order valence-corrected chi connectivity index (χ3v) is 7.90. The highest BCUT2D eigenvalue weighted by Gasteiger charge is 2.28. The summed E-state index contributed by atoms with van der Waals surface area (Å²) in [6.07, 6.45) is 7.73. The highest BCUT2D eigenvalue weighted by molar-refractivity contribution is 6.31. The molecule has 3 aromatic heterocycles. The van der Waals surface area contributed by atoms with Crippen molar-refractivity contribution in [3.63, 3.8) is 0 Å². The molecule has 2 unspecified atom stereocenters. The van der Waals surface area contributed by atoms with Crippen LogP contribution >= 0.6 is 11.6 Å². The van der Waals surface area contributed by atoms with Crippen LogP contribution in [0.2, 0.25) is 5.02 Å². The summed E-state index contributed by atoms with van der Waals surface area (Å²) in [5, 5.41) is 18.3. The van der Waals surface area contributed by atoms with E-state index in [1.165, 1.54) is 12.3 Å². The lowest BCUT2D eigenvalue weighted by Crippen LogP contribution is -2.34. The second-order valence-corrected chi connectivity index (χ2v) is 11.2. The standard InChI is InChI=1S/C33H30ClN5O5/c34-25-11-12-27-26(17-25)31(37-39(27)29-6-2-4-14-44-29)32(41)36-30(33(42)43)24-16-23(18-35-19-24)15-21-7-9-22(10-8-21)20-38-13-3-1-5-28(38)40/h1,3,5,7-13,16-19,29-30H,2,4,6,14-15,20H2,(H,36,41)(H,42,43). The lowest BCUT2D eigenvalue weighted by molar-refractivity contribution is -0.139. The average molecular weight is 612 g/mol. The molecule has 10 nitrogen and oxygen atoms in total. The van der Waals surface area contributed by atoms with E-state index < -0.39 is 17.9 Å². The summed E-state index contributed by atoms with van der Waals surface area (Å²) in [4.78, 5) is 42.2. The maximum absolute atomic E-state index is 13.5. The third kappa shape index (κ3) is 6.41. The Labute approximate surface area is 257 Å². The van der Waals surface area contributed by atoms with Crippen molar-refractivity contribution < 1.29 is 19.4 Å². The number of nitrogens with zero attached hydrogens (tertiary/aromatic N) is 4. The number of halogens is 1. The molecule has 1 fully saturated rings. The number of nitrogens with one attached hydrogen (secondary N) is 1. The number of hydrogen-bond acceptors (Lipinski definition) is 6. The van der Waals surface area contributed by atoms with Crippen molar-refractivity contribution >= 4 is 34.4 Å². The monoisotopic (exact) mass is 611 g/mol. The molecule has 2 atom stereocenters. The molecule has 44 heavy (non-hydrogen) atoms. The number of carboxylic acids is 1. The van der Waals surface area contributed by atoms with E-state index in [0.29, 0.717) is 41.1 Å². The minimum absolute atomic E-state index is 0.0666.